The highest BCUT2D eigenvalue weighted by Crippen LogP contribution is 2.27. The first kappa shape index (κ1) is 17.4. The third-order valence-electron chi connectivity index (χ3n) is 2.77. The van der Waals surface area contributed by atoms with Crippen molar-refractivity contribution >= 4 is 39.4 Å². The first-order valence-corrected chi connectivity index (χ1v) is 8.44. The molecule has 2 aromatic rings. The number of sulfonamides is 1. The Kier molecular flexibility index (Phi) is 5.35. The number of aromatic hydroxyl groups is 1. The second kappa shape index (κ2) is 7.08. The number of halogens is 2. The largest absolute Gasteiger partial charge is 0.506 e. The van der Waals surface area contributed by atoms with E-state index >= 15 is 0 Å². The van der Waals surface area contributed by atoms with Gasteiger partial charge in [-0.25, -0.2) is 0 Å². The molecule has 0 bridgehead atoms. The Balaban J connectivity index is 2.23. The molecule has 9 heteroatoms. The van der Waals surface area contributed by atoms with Gasteiger partial charge in [0.05, 0.1) is 18.3 Å². The smallest absolute Gasteiger partial charge is 0.280 e. The Hall–Kier alpha value is -1.96. The Morgan fingerprint density at radius 3 is 2.61 bits per heavy atom. The molecule has 2 aromatic carbocycles. The van der Waals surface area contributed by atoms with E-state index in [2.05, 4.69) is 9.93 Å². The second-order valence-electron chi connectivity index (χ2n) is 4.36. The normalized spacial score (nSPS) is 11.6. The number of phenolic OH excluding ortho intramolecular Hbond substituents is 1. The molecule has 122 valence electrons. The van der Waals surface area contributed by atoms with E-state index in [9.17, 15) is 13.5 Å². The molecule has 0 aliphatic carbocycles. The Bertz CT molecular complexity index is 854. The maximum Gasteiger partial charge on any atom is 0.280 e. The van der Waals surface area contributed by atoms with Crippen molar-refractivity contribution in [2.24, 2.45) is 5.10 Å². The van der Waals surface area contributed by atoms with Gasteiger partial charge < -0.3 is 9.84 Å². The van der Waals surface area contributed by atoms with Crippen LogP contribution >= 0.6 is 23.2 Å². The molecule has 2 rings (SSSR count). The minimum atomic E-state index is -3.95. The fourth-order valence-electron chi connectivity index (χ4n) is 1.68. The van der Waals surface area contributed by atoms with Gasteiger partial charge in [0.15, 0.2) is 0 Å². The predicted molar refractivity (Wildman–Crippen MR) is 89.0 cm³/mol. The molecular formula is C14H12Cl2N2O4S. The minimum absolute atomic E-state index is 0.0759. The lowest BCUT2D eigenvalue weighted by Crippen LogP contribution is -2.19. The third-order valence-corrected chi connectivity index (χ3v) is 4.56. The van der Waals surface area contributed by atoms with Crippen LogP contribution in [0.2, 0.25) is 10.0 Å². The van der Waals surface area contributed by atoms with Crippen molar-refractivity contribution in [3.05, 3.63) is 52.0 Å². The van der Waals surface area contributed by atoms with E-state index in [-0.39, 0.29) is 26.4 Å². The summed E-state index contributed by atoms with van der Waals surface area (Å²) in [5.74, 6) is 0.0674. The average Bonchev–Trinajstić information content (AvgIpc) is 2.50. The van der Waals surface area contributed by atoms with Crippen LogP contribution in [0.5, 0.6) is 11.5 Å². The third kappa shape index (κ3) is 4.28. The molecule has 6 nitrogen and oxygen atoms in total. The number of ether oxygens (including phenoxy) is 1. The summed E-state index contributed by atoms with van der Waals surface area (Å²) in [5.41, 5.74) is 0.508. The summed E-state index contributed by atoms with van der Waals surface area (Å²) in [5, 5.41) is 13.4. The lowest BCUT2D eigenvalue weighted by atomic mass is 10.2. The Morgan fingerprint density at radius 2 is 1.96 bits per heavy atom. The van der Waals surface area contributed by atoms with E-state index in [1.807, 2.05) is 0 Å². The molecule has 0 unspecified atom stereocenters. The second-order valence-corrected chi connectivity index (χ2v) is 6.83. The SMILES string of the molecule is COc1ccc(Cl)cc1S(=O)(=O)N/N=C/c1ccc(O)c(Cl)c1. The average molecular weight is 375 g/mol. The molecule has 0 saturated heterocycles. The van der Waals surface area contributed by atoms with Crippen LogP contribution in [0.25, 0.3) is 0 Å². The zero-order chi connectivity index (χ0) is 17.0. The summed E-state index contributed by atoms with van der Waals surface area (Å²) < 4.78 is 29.5. The number of phenols is 1. The molecule has 0 fully saturated rings. The van der Waals surface area contributed by atoms with Gasteiger partial charge in [-0.1, -0.05) is 23.2 Å². The van der Waals surface area contributed by atoms with Crippen molar-refractivity contribution in [2.75, 3.05) is 7.11 Å². The number of hydrogen-bond acceptors (Lipinski definition) is 5. The molecule has 0 aromatic heterocycles. The minimum Gasteiger partial charge on any atom is -0.506 e. The Labute approximate surface area is 143 Å². The number of rotatable bonds is 5. The van der Waals surface area contributed by atoms with Crippen molar-refractivity contribution < 1.29 is 18.3 Å². The van der Waals surface area contributed by atoms with E-state index in [0.29, 0.717) is 5.56 Å². The first-order chi connectivity index (χ1) is 10.8. The quantitative estimate of drug-likeness (QED) is 0.621. The van der Waals surface area contributed by atoms with E-state index < -0.39 is 10.0 Å². The standard InChI is InChI=1S/C14H12Cl2N2O4S/c1-22-13-5-3-10(15)7-14(13)23(20,21)18-17-8-9-2-4-12(19)11(16)6-9/h2-8,18-19H,1H3/b17-8+. The van der Waals surface area contributed by atoms with Crippen LogP contribution < -0.4 is 9.57 Å². The van der Waals surface area contributed by atoms with Crippen molar-refractivity contribution in [2.45, 2.75) is 4.90 Å². The van der Waals surface area contributed by atoms with Gasteiger partial charge in [-0.2, -0.15) is 18.4 Å². The van der Waals surface area contributed by atoms with Gasteiger partial charge in [0, 0.05) is 5.02 Å². The maximum absolute atomic E-state index is 12.2. The van der Waals surface area contributed by atoms with Gasteiger partial charge in [0.2, 0.25) is 0 Å². The molecule has 2 N–H and O–H groups in total. The van der Waals surface area contributed by atoms with E-state index in [4.69, 9.17) is 27.9 Å². The van der Waals surface area contributed by atoms with Crippen molar-refractivity contribution in [1.82, 2.24) is 4.83 Å². The lowest BCUT2D eigenvalue weighted by molar-refractivity contribution is 0.402. The molecule has 0 amide bonds. The van der Waals surface area contributed by atoms with Crippen LogP contribution in [0, 0.1) is 0 Å². The molecule has 0 radical (unpaired) electrons. The first-order valence-electron chi connectivity index (χ1n) is 6.20. The summed E-state index contributed by atoms with van der Waals surface area (Å²) in [6.07, 6.45) is 1.25. The number of methoxy groups -OCH3 is 1. The van der Waals surface area contributed by atoms with Crippen molar-refractivity contribution in [1.29, 1.82) is 0 Å². The number of hydrazone groups is 1. The summed E-state index contributed by atoms with van der Waals surface area (Å²) in [6, 6.07) is 8.56. The van der Waals surface area contributed by atoms with Crippen LogP contribution in [0.15, 0.2) is 46.4 Å². The molecule has 0 aliphatic heterocycles. The monoisotopic (exact) mass is 374 g/mol. The summed E-state index contributed by atoms with van der Waals surface area (Å²) in [4.78, 5) is 1.93. The van der Waals surface area contributed by atoms with Gasteiger partial charge >= 0.3 is 0 Å². The van der Waals surface area contributed by atoms with Crippen LogP contribution in [0.1, 0.15) is 5.56 Å². The maximum atomic E-state index is 12.2. The van der Waals surface area contributed by atoms with E-state index in [1.165, 1.54) is 49.7 Å². The van der Waals surface area contributed by atoms with Gasteiger partial charge in [-0.3, -0.25) is 0 Å². The zero-order valence-electron chi connectivity index (χ0n) is 11.8. The van der Waals surface area contributed by atoms with Gasteiger partial charge in [-0.15, -0.1) is 0 Å². The van der Waals surface area contributed by atoms with Crippen molar-refractivity contribution in [3.8, 4) is 11.5 Å². The van der Waals surface area contributed by atoms with Crippen LogP contribution in [0.4, 0.5) is 0 Å². The highest BCUT2D eigenvalue weighted by molar-refractivity contribution is 7.89. The molecular weight excluding hydrogens is 363 g/mol. The summed E-state index contributed by atoms with van der Waals surface area (Å²) in [7, 11) is -2.60. The summed E-state index contributed by atoms with van der Waals surface area (Å²) >= 11 is 11.6. The number of benzene rings is 2. The molecule has 0 aliphatic rings. The fraction of sp³-hybridized carbons (Fsp3) is 0.0714. The highest BCUT2D eigenvalue weighted by atomic mass is 35.5. The van der Waals surface area contributed by atoms with Gasteiger partial charge in [0.1, 0.15) is 16.4 Å². The predicted octanol–water partition coefficient (Wildman–Crippen LogP) is 3.02. The van der Waals surface area contributed by atoms with Gasteiger partial charge in [-0.05, 0) is 42.0 Å². The lowest BCUT2D eigenvalue weighted by Gasteiger charge is -2.09. The zero-order valence-corrected chi connectivity index (χ0v) is 14.2. The van der Waals surface area contributed by atoms with E-state index in [0.717, 1.165) is 0 Å². The molecule has 23 heavy (non-hydrogen) atoms. The van der Waals surface area contributed by atoms with E-state index in [1.54, 1.807) is 0 Å². The van der Waals surface area contributed by atoms with Gasteiger partial charge in [0.25, 0.3) is 10.0 Å². The Morgan fingerprint density at radius 1 is 1.22 bits per heavy atom. The molecule has 0 saturated carbocycles. The fourth-order valence-corrected chi connectivity index (χ4v) is 3.10. The van der Waals surface area contributed by atoms with Crippen molar-refractivity contribution in [3.63, 3.8) is 0 Å². The van der Waals surface area contributed by atoms with Crippen LogP contribution in [-0.2, 0) is 10.0 Å². The van der Waals surface area contributed by atoms with Crippen LogP contribution in [-0.4, -0.2) is 26.8 Å². The highest BCUT2D eigenvalue weighted by Gasteiger charge is 2.19. The number of nitrogens with zero attached hydrogens (tertiary/aromatic N) is 1. The molecule has 0 heterocycles. The summed E-state index contributed by atoms with van der Waals surface area (Å²) in [6.45, 7) is 0. The molecule has 0 atom stereocenters. The number of nitrogens with one attached hydrogen (secondary N) is 1. The topological polar surface area (TPSA) is 88.0 Å². The molecule has 0 spiro atoms. The van der Waals surface area contributed by atoms with Crippen LogP contribution in [0.3, 0.4) is 0 Å². The number of hydrogen-bond donors (Lipinski definition) is 2.